The Kier molecular flexibility index (Phi) is 4.15. The van der Waals surface area contributed by atoms with Crippen LogP contribution in [0.3, 0.4) is 0 Å². The summed E-state index contributed by atoms with van der Waals surface area (Å²) < 4.78 is 6.22. The van der Waals surface area contributed by atoms with Gasteiger partial charge in [-0.05, 0) is 12.8 Å². The summed E-state index contributed by atoms with van der Waals surface area (Å²) in [6.07, 6.45) is 5.74. The molecule has 0 N–H and O–H groups in total. The molecule has 0 aliphatic carbocycles. The van der Waals surface area contributed by atoms with Gasteiger partial charge in [-0.15, -0.1) is 0 Å². The zero-order valence-corrected chi connectivity index (χ0v) is 15.3. The van der Waals surface area contributed by atoms with Crippen molar-refractivity contribution in [2.75, 3.05) is 31.1 Å². The lowest BCUT2D eigenvalue weighted by Crippen LogP contribution is -2.48. The van der Waals surface area contributed by atoms with Crippen LogP contribution in [0.25, 0.3) is 0 Å². The summed E-state index contributed by atoms with van der Waals surface area (Å²) in [5.41, 5.74) is -0.560. The third-order valence-corrected chi connectivity index (χ3v) is 7.06. The number of carbonyl (C=O) groups excluding carboxylic acids is 2. The molecule has 3 saturated heterocycles. The van der Waals surface area contributed by atoms with Crippen LogP contribution in [0.1, 0.15) is 26.7 Å². The molecular weight excluding hydrogens is 324 g/mol. The van der Waals surface area contributed by atoms with Gasteiger partial charge in [-0.2, -0.15) is 11.8 Å². The van der Waals surface area contributed by atoms with E-state index in [2.05, 4.69) is 19.9 Å². The van der Waals surface area contributed by atoms with E-state index in [1.54, 1.807) is 0 Å². The SMILES string of the molecule is CCC(CC)N1C[C@]23C=C[C@H](O2)C(C(=O)N2CCSCC2)C3C1=O. The summed E-state index contributed by atoms with van der Waals surface area (Å²) in [4.78, 5) is 30.2. The molecule has 4 aliphatic heterocycles. The fourth-order valence-corrected chi connectivity index (χ4v) is 5.75. The number of amides is 2. The van der Waals surface area contributed by atoms with Crippen LogP contribution in [-0.4, -0.2) is 70.5 Å². The first-order chi connectivity index (χ1) is 11.6. The van der Waals surface area contributed by atoms with Crippen molar-refractivity contribution in [3.63, 3.8) is 0 Å². The lowest BCUT2D eigenvalue weighted by Gasteiger charge is -2.32. The predicted octanol–water partition coefficient (Wildman–Crippen LogP) is 1.53. The number of hydrogen-bond acceptors (Lipinski definition) is 4. The number of rotatable bonds is 4. The monoisotopic (exact) mass is 350 g/mol. The van der Waals surface area contributed by atoms with E-state index in [4.69, 9.17) is 4.74 Å². The molecule has 0 aromatic heterocycles. The zero-order valence-electron chi connectivity index (χ0n) is 14.4. The normalized spacial score (nSPS) is 37.6. The maximum atomic E-state index is 13.2. The van der Waals surface area contributed by atoms with E-state index in [-0.39, 0.29) is 35.8 Å². The van der Waals surface area contributed by atoms with E-state index in [1.165, 1.54) is 0 Å². The molecule has 1 spiro atoms. The maximum absolute atomic E-state index is 13.2. The molecule has 4 rings (SSSR count). The molecule has 0 saturated carbocycles. The quantitative estimate of drug-likeness (QED) is 0.722. The van der Waals surface area contributed by atoms with Crippen LogP contribution in [0.4, 0.5) is 0 Å². The number of nitrogens with zero attached hydrogens (tertiary/aromatic N) is 2. The van der Waals surface area contributed by atoms with Crippen LogP contribution < -0.4 is 0 Å². The number of fused-ring (bicyclic) bond motifs is 1. The lowest BCUT2D eigenvalue weighted by molar-refractivity contribution is -0.143. The Balaban J connectivity index is 1.61. The third kappa shape index (κ3) is 2.25. The van der Waals surface area contributed by atoms with E-state index in [0.717, 1.165) is 37.4 Å². The fourth-order valence-electron chi connectivity index (χ4n) is 4.84. The van der Waals surface area contributed by atoms with E-state index < -0.39 is 5.60 Å². The number of hydrogen-bond donors (Lipinski definition) is 0. The van der Waals surface area contributed by atoms with Gasteiger partial charge in [-0.25, -0.2) is 0 Å². The van der Waals surface area contributed by atoms with E-state index >= 15 is 0 Å². The predicted molar refractivity (Wildman–Crippen MR) is 93.7 cm³/mol. The van der Waals surface area contributed by atoms with Crippen LogP contribution in [0, 0.1) is 11.8 Å². The minimum absolute atomic E-state index is 0.122. The van der Waals surface area contributed by atoms with Gasteiger partial charge in [-0.3, -0.25) is 9.59 Å². The van der Waals surface area contributed by atoms with Crippen LogP contribution in [0.15, 0.2) is 12.2 Å². The summed E-state index contributed by atoms with van der Waals surface area (Å²) >= 11 is 1.89. The summed E-state index contributed by atoms with van der Waals surface area (Å²) in [7, 11) is 0. The summed E-state index contributed by atoms with van der Waals surface area (Å²) in [6.45, 7) is 6.43. The van der Waals surface area contributed by atoms with Crippen molar-refractivity contribution in [2.45, 2.75) is 44.4 Å². The fraction of sp³-hybridized carbons (Fsp3) is 0.778. The topological polar surface area (TPSA) is 49.9 Å². The van der Waals surface area contributed by atoms with Crippen molar-refractivity contribution in [3.05, 3.63) is 12.2 Å². The molecule has 2 unspecified atom stereocenters. The van der Waals surface area contributed by atoms with Crippen LogP contribution >= 0.6 is 11.8 Å². The van der Waals surface area contributed by atoms with Crippen molar-refractivity contribution in [3.8, 4) is 0 Å². The van der Waals surface area contributed by atoms with Crippen molar-refractivity contribution in [2.24, 2.45) is 11.8 Å². The van der Waals surface area contributed by atoms with Gasteiger partial charge in [-0.1, -0.05) is 26.0 Å². The Labute approximate surface area is 147 Å². The Morgan fingerprint density at radius 2 is 2.08 bits per heavy atom. The molecule has 5 nitrogen and oxygen atoms in total. The number of likely N-dealkylation sites (tertiary alicyclic amines) is 1. The molecule has 4 atom stereocenters. The second kappa shape index (κ2) is 6.06. The minimum Gasteiger partial charge on any atom is -0.360 e. The smallest absolute Gasteiger partial charge is 0.230 e. The van der Waals surface area contributed by atoms with Crippen LogP contribution in [0.5, 0.6) is 0 Å². The highest BCUT2D eigenvalue weighted by Crippen LogP contribution is 2.53. The van der Waals surface area contributed by atoms with Crippen LogP contribution in [-0.2, 0) is 14.3 Å². The molecule has 4 heterocycles. The molecule has 0 radical (unpaired) electrons. The average Bonchev–Trinajstić information content (AvgIpc) is 3.25. The Morgan fingerprint density at radius 1 is 1.38 bits per heavy atom. The molecule has 0 aromatic carbocycles. The van der Waals surface area contributed by atoms with Gasteiger partial charge in [0.2, 0.25) is 11.8 Å². The van der Waals surface area contributed by atoms with Gasteiger partial charge < -0.3 is 14.5 Å². The first kappa shape index (κ1) is 16.5. The molecule has 3 fully saturated rings. The summed E-state index contributed by atoms with van der Waals surface area (Å²) in [5, 5.41) is 0. The van der Waals surface area contributed by atoms with Crippen molar-refractivity contribution >= 4 is 23.6 Å². The number of ether oxygens (including phenoxy) is 1. The standard InChI is InChI=1S/C18H26N2O3S/c1-3-12(4-2)20-11-18-6-5-13(23-18)14(15(18)17(20)22)16(21)19-7-9-24-10-8-19/h5-6,12-15H,3-4,7-11H2,1-2H3/t13-,14?,15?,18-/m0/s1. The minimum atomic E-state index is -0.560. The first-order valence-electron chi connectivity index (χ1n) is 9.15. The first-order valence-corrected chi connectivity index (χ1v) is 10.3. The van der Waals surface area contributed by atoms with E-state index in [9.17, 15) is 9.59 Å². The third-order valence-electron chi connectivity index (χ3n) is 6.12. The summed E-state index contributed by atoms with van der Waals surface area (Å²) in [6, 6.07) is 0.246. The second-order valence-corrected chi connectivity index (χ2v) is 8.50. The lowest BCUT2D eigenvalue weighted by atomic mass is 9.76. The highest BCUT2D eigenvalue weighted by molar-refractivity contribution is 7.99. The Hall–Kier alpha value is -1.01. The molecular formula is C18H26N2O3S. The molecule has 6 heteroatoms. The molecule has 4 aliphatic rings. The number of thioether (sulfide) groups is 1. The maximum Gasteiger partial charge on any atom is 0.230 e. The second-order valence-electron chi connectivity index (χ2n) is 7.27. The molecule has 132 valence electrons. The highest BCUT2D eigenvalue weighted by atomic mass is 32.2. The number of carbonyl (C=O) groups is 2. The summed E-state index contributed by atoms with van der Waals surface area (Å²) in [5.74, 6) is 1.57. The highest BCUT2D eigenvalue weighted by Gasteiger charge is 2.67. The average molecular weight is 350 g/mol. The molecule has 2 amide bonds. The van der Waals surface area contributed by atoms with Gasteiger partial charge in [0.05, 0.1) is 24.5 Å². The van der Waals surface area contributed by atoms with Gasteiger partial charge in [0.1, 0.15) is 5.60 Å². The van der Waals surface area contributed by atoms with E-state index in [1.807, 2.05) is 27.6 Å². The zero-order chi connectivity index (χ0) is 16.9. The largest absolute Gasteiger partial charge is 0.360 e. The van der Waals surface area contributed by atoms with Crippen molar-refractivity contribution < 1.29 is 14.3 Å². The molecule has 2 bridgehead atoms. The Bertz CT molecular complexity index is 571. The Morgan fingerprint density at radius 3 is 2.75 bits per heavy atom. The van der Waals surface area contributed by atoms with Gasteiger partial charge in [0.25, 0.3) is 0 Å². The van der Waals surface area contributed by atoms with Crippen LogP contribution in [0.2, 0.25) is 0 Å². The van der Waals surface area contributed by atoms with Gasteiger partial charge in [0.15, 0.2) is 0 Å². The van der Waals surface area contributed by atoms with E-state index in [0.29, 0.717) is 6.54 Å². The van der Waals surface area contributed by atoms with Crippen molar-refractivity contribution in [1.82, 2.24) is 9.80 Å². The van der Waals surface area contributed by atoms with Crippen molar-refractivity contribution in [1.29, 1.82) is 0 Å². The molecule has 24 heavy (non-hydrogen) atoms. The van der Waals surface area contributed by atoms with Gasteiger partial charge >= 0.3 is 0 Å². The van der Waals surface area contributed by atoms with Gasteiger partial charge in [0, 0.05) is 30.6 Å². The molecule has 0 aromatic rings.